The summed E-state index contributed by atoms with van der Waals surface area (Å²) in [6, 6.07) is 8.97. The van der Waals surface area contributed by atoms with Gasteiger partial charge in [-0.2, -0.15) is 5.10 Å². The molecule has 36 heavy (non-hydrogen) atoms. The van der Waals surface area contributed by atoms with Gasteiger partial charge in [0.05, 0.1) is 11.6 Å². The number of aromatic nitrogens is 2. The van der Waals surface area contributed by atoms with Crippen molar-refractivity contribution < 1.29 is 9.50 Å². The Morgan fingerprint density at radius 1 is 1.11 bits per heavy atom. The Morgan fingerprint density at radius 2 is 1.89 bits per heavy atom. The summed E-state index contributed by atoms with van der Waals surface area (Å²) in [5, 5.41) is 16.1. The van der Waals surface area contributed by atoms with Crippen molar-refractivity contribution >= 4 is 5.69 Å². The summed E-state index contributed by atoms with van der Waals surface area (Å²) in [5.74, 6) is -0.0616. The van der Waals surface area contributed by atoms with Crippen LogP contribution in [0, 0.1) is 5.92 Å². The van der Waals surface area contributed by atoms with Crippen LogP contribution in [-0.4, -0.2) is 76.7 Å². The van der Waals surface area contributed by atoms with Gasteiger partial charge in [-0.3, -0.25) is 9.58 Å². The second-order valence-electron chi connectivity index (χ2n) is 11.5. The lowest BCUT2D eigenvalue weighted by Crippen LogP contribution is -2.49. The van der Waals surface area contributed by atoms with E-state index < -0.39 is 6.23 Å². The molecule has 2 saturated heterocycles. The number of nitrogens with zero attached hydrogens (tertiary/aromatic N) is 5. The molecule has 4 atom stereocenters. The number of aliphatic hydroxyl groups is 1. The monoisotopic (exact) mass is 491 g/mol. The number of likely N-dealkylation sites (tertiary alicyclic amines) is 2. The van der Waals surface area contributed by atoms with E-state index in [1.54, 1.807) is 10.8 Å². The van der Waals surface area contributed by atoms with E-state index in [1.807, 2.05) is 36.5 Å². The number of aryl methyl sites for hydroxylation is 1. The molecule has 0 radical (unpaired) electrons. The van der Waals surface area contributed by atoms with Crippen LogP contribution >= 0.6 is 0 Å². The van der Waals surface area contributed by atoms with Crippen molar-refractivity contribution in [3.63, 3.8) is 0 Å². The molecule has 6 rings (SSSR count). The van der Waals surface area contributed by atoms with Gasteiger partial charge in [-0.05, 0) is 75.1 Å². The number of allylic oxidation sites excluding steroid dienone is 2. The van der Waals surface area contributed by atoms with E-state index >= 15 is 4.39 Å². The third-order valence-electron chi connectivity index (χ3n) is 9.19. The number of hydrogen-bond donors (Lipinski definition) is 1. The van der Waals surface area contributed by atoms with E-state index in [0.29, 0.717) is 18.2 Å². The first-order chi connectivity index (χ1) is 17.4. The molecule has 4 unspecified atom stereocenters. The molecule has 0 bridgehead atoms. The Labute approximate surface area is 213 Å². The van der Waals surface area contributed by atoms with E-state index in [1.165, 1.54) is 18.4 Å². The second kappa shape index (κ2) is 9.12. The van der Waals surface area contributed by atoms with E-state index in [-0.39, 0.29) is 23.1 Å². The van der Waals surface area contributed by atoms with Crippen molar-refractivity contribution in [1.29, 1.82) is 0 Å². The minimum absolute atomic E-state index is 0.0255. The fourth-order valence-electron chi connectivity index (χ4n) is 7.09. The van der Waals surface area contributed by atoms with Crippen molar-refractivity contribution in [2.45, 2.75) is 49.8 Å². The topological polar surface area (TPSA) is 47.8 Å². The molecule has 1 aromatic heterocycles. The number of para-hydroxylation sites is 1. The minimum atomic E-state index is -0.661. The fourth-order valence-corrected chi connectivity index (χ4v) is 7.09. The number of fused-ring (bicyclic) bond motifs is 2. The maximum atomic E-state index is 15.5. The molecule has 1 aliphatic carbocycles. The van der Waals surface area contributed by atoms with Crippen LogP contribution in [0.2, 0.25) is 0 Å². The predicted molar refractivity (Wildman–Crippen MR) is 141 cm³/mol. The molecule has 7 heteroatoms. The predicted octanol–water partition coefficient (Wildman–Crippen LogP) is 3.81. The summed E-state index contributed by atoms with van der Waals surface area (Å²) in [4.78, 5) is 7.06. The number of benzene rings is 1. The Kier molecular flexibility index (Phi) is 6.05. The third-order valence-corrected chi connectivity index (χ3v) is 9.19. The average molecular weight is 492 g/mol. The average Bonchev–Trinajstić information content (AvgIpc) is 3.56. The zero-order valence-electron chi connectivity index (χ0n) is 21.6. The number of aliphatic hydroxyl groups excluding tert-OH is 1. The fraction of sp³-hybridized carbons (Fsp3) is 0.552. The van der Waals surface area contributed by atoms with Gasteiger partial charge in [0.15, 0.2) is 0 Å². The number of halogens is 1. The largest absolute Gasteiger partial charge is 0.373 e. The summed E-state index contributed by atoms with van der Waals surface area (Å²) in [6.07, 6.45) is 10.2. The SMILES string of the molecule is CC1C=C(CN2c3ccccc3C3(CCN(C4CCN(C)CC4)C3)C2O)C(F)=CC1c1cnn(C)c1. The molecule has 1 N–H and O–H groups in total. The standard InChI is InChI=1S/C29H38FN5O/c1-20-14-21(26(30)15-24(20)22-16-31-33(3)17-22)18-35-27-7-5-4-6-25(27)29(28(35)36)10-13-34(19-29)23-8-11-32(2)12-9-23/h4-7,14-17,20,23-24,28,36H,8-13,18-19H2,1-3H3. The summed E-state index contributed by atoms with van der Waals surface area (Å²) >= 11 is 0. The molecule has 1 aromatic carbocycles. The molecule has 3 aliphatic heterocycles. The lowest BCUT2D eigenvalue weighted by atomic mass is 9.80. The lowest BCUT2D eigenvalue weighted by molar-refractivity contribution is 0.0809. The van der Waals surface area contributed by atoms with Crippen LogP contribution in [0.25, 0.3) is 0 Å². The van der Waals surface area contributed by atoms with Crippen LogP contribution in [0.1, 0.15) is 43.2 Å². The molecular weight excluding hydrogens is 453 g/mol. The Bertz CT molecular complexity index is 1180. The van der Waals surface area contributed by atoms with Gasteiger partial charge in [-0.1, -0.05) is 31.2 Å². The van der Waals surface area contributed by atoms with Gasteiger partial charge >= 0.3 is 0 Å². The lowest BCUT2D eigenvalue weighted by Gasteiger charge is -2.37. The van der Waals surface area contributed by atoms with E-state index in [0.717, 1.165) is 43.9 Å². The van der Waals surface area contributed by atoms with Crippen LogP contribution in [0.4, 0.5) is 10.1 Å². The maximum absolute atomic E-state index is 15.5. The molecule has 0 amide bonds. The quantitative estimate of drug-likeness (QED) is 0.705. The zero-order valence-corrected chi connectivity index (χ0v) is 21.6. The highest BCUT2D eigenvalue weighted by molar-refractivity contribution is 5.65. The summed E-state index contributed by atoms with van der Waals surface area (Å²) in [6.45, 7) is 6.66. The van der Waals surface area contributed by atoms with Crippen LogP contribution in [0.3, 0.4) is 0 Å². The summed E-state index contributed by atoms with van der Waals surface area (Å²) < 4.78 is 17.2. The van der Waals surface area contributed by atoms with E-state index in [4.69, 9.17) is 0 Å². The molecule has 4 aliphatic rings. The minimum Gasteiger partial charge on any atom is -0.373 e. The van der Waals surface area contributed by atoms with Gasteiger partial charge in [0, 0.05) is 49.6 Å². The molecule has 2 fully saturated rings. The van der Waals surface area contributed by atoms with Crippen LogP contribution < -0.4 is 4.90 Å². The van der Waals surface area contributed by atoms with Crippen molar-refractivity contribution in [1.82, 2.24) is 19.6 Å². The van der Waals surface area contributed by atoms with Crippen molar-refractivity contribution in [2.24, 2.45) is 13.0 Å². The molecule has 6 nitrogen and oxygen atoms in total. The first kappa shape index (κ1) is 23.9. The highest BCUT2D eigenvalue weighted by Crippen LogP contribution is 2.51. The van der Waals surface area contributed by atoms with Crippen LogP contribution in [0.15, 0.2) is 60.2 Å². The number of anilines is 1. The highest BCUT2D eigenvalue weighted by Gasteiger charge is 2.54. The number of hydrogen-bond acceptors (Lipinski definition) is 5. The Balaban J connectivity index is 1.24. The van der Waals surface area contributed by atoms with Crippen molar-refractivity contribution in [2.75, 3.05) is 44.7 Å². The van der Waals surface area contributed by atoms with Crippen molar-refractivity contribution in [3.05, 3.63) is 71.3 Å². The Hall–Kier alpha value is -2.48. The molecule has 4 heterocycles. The van der Waals surface area contributed by atoms with Crippen LogP contribution in [0.5, 0.6) is 0 Å². The first-order valence-corrected chi connectivity index (χ1v) is 13.4. The van der Waals surface area contributed by atoms with Gasteiger partial charge in [0.1, 0.15) is 12.1 Å². The number of rotatable bonds is 4. The molecular formula is C29H38FN5O. The Morgan fingerprint density at radius 3 is 2.64 bits per heavy atom. The smallest absolute Gasteiger partial charge is 0.138 e. The summed E-state index contributed by atoms with van der Waals surface area (Å²) in [5.41, 5.74) is 3.64. The van der Waals surface area contributed by atoms with E-state index in [2.05, 4.69) is 47.1 Å². The maximum Gasteiger partial charge on any atom is 0.138 e. The van der Waals surface area contributed by atoms with Crippen molar-refractivity contribution in [3.8, 4) is 0 Å². The van der Waals surface area contributed by atoms with Gasteiger partial charge in [-0.25, -0.2) is 4.39 Å². The molecule has 0 saturated carbocycles. The van der Waals surface area contributed by atoms with Gasteiger partial charge in [0.25, 0.3) is 0 Å². The zero-order chi connectivity index (χ0) is 25.0. The van der Waals surface area contributed by atoms with E-state index in [9.17, 15) is 5.11 Å². The normalized spacial score (nSPS) is 31.7. The second-order valence-corrected chi connectivity index (χ2v) is 11.5. The van der Waals surface area contributed by atoms with Gasteiger partial charge < -0.3 is 14.9 Å². The van der Waals surface area contributed by atoms with Gasteiger partial charge in [0.2, 0.25) is 0 Å². The molecule has 2 aromatic rings. The van der Waals surface area contributed by atoms with Gasteiger partial charge in [-0.15, -0.1) is 0 Å². The first-order valence-electron chi connectivity index (χ1n) is 13.4. The molecule has 192 valence electrons. The third kappa shape index (κ3) is 3.92. The molecule has 1 spiro atoms. The van der Waals surface area contributed by atoms with Crippen LogP contribution in [-0.2, 0) is 12.5 Å². The summed E-state index contributed by atoms with van der Waals surface area (Å²) in [7, 11) is 4.08. The highest BCUT2D eigenvalue weighted by atomic mass is 19.1. The number of piperidine rings is 1.